The molecular formula is C30H34N2O6+2. The van der Waals surface area contributed by atoms with E-state index in [0.717, 1.165) is 32.4 Å². The van der Waals surface area contributed by atoms with Gasteiger partial charge in [0.2, 0.25) is 0 Å². The van der Waals surface area contributed by atoms with E-state index in [1.54, 1.807) is 24.7 Å². The van der Waals surface area contributed by atoms with Crippen LogP contribution in [0.25, 0.3) is 0 Å². The summed E-state index contributed by atoms with van der Waals surface area (Å²) in [6.07, 6.45) is 4.63. The molecule has 4 N–H and O–H groups in total. The van der Waals surface area contributed by atoms with Crippen molar-refractivity contribution in [3.63, 3.8) is 0 Å². The number of carbonyl (C=O) groups excluding carboxylic acids is 2. The van der Waals surface area contributed by atoms with E-state index in [0.29, 0.717) is 63.0 Å². The van der Waals surface area contributed by atoms with Crippen molar-refractivity contribution in [3.8, 4) is 11.5 Å². The Morgan fingerprint density at radius 2 is 1.11 bits per heavy atom. The summed E-state index contributed by atoms with van der Waals surface area (Å²) < 4.78 is 11.2. The van der Waals surface area contributed by atoms with Gasteiger partial charge in [0.25, 0.3) is 0 Å². The second-order valence-corrected chi connectivity index (χ2v) is 9.83. The molecule has 0 fully saturated rings. The molecule has 8 heteroatoms. The number of aldehydes is 2. The van der Waals surface area contributed by atoms with Crippen LogP contribution in [0.2, 0.25) is 0 Å². The molecule has 0 aliphatic carbocycles. The SMILES string of the molecule is Cc1cc(C=O)c(O)c(C[NH+](CC[NH+](Cc2ccco2)Cc2cc(C)cc(C=O)c2O)Cc2ccco2)c1. The maximum absolute atomic E-state index is 11.5. The fourth-order valence-electron chi connectivity index (χ4n) is 4.91. The first-order valence-electron chi connectivity index (χ1n) is 12.6. The van der Waals surface area contributed by atoms with Crippen LogP contribution >= 0.6 is 0 Å². The van der Waals surface area contributed by atoms with E-state index in [4.69, 9.17) is 8.83 Å². The van der Waals surface area contributed by atoms with Crippen LogP contribution in [0.3, 0.4) is 0 Å². The number of nitrogens with one attached hydrogen (secondary N) is 2. The Labute approximate surface area is 221 Å². The highest BCUT2D eigenvalue weighted by molar-refractivity contribution is 5.81. The quantitative estimate of drug-likeness (QED) is 0.202. The maximum Gasteiger partial charge on any atom is 0.157 e. The van der Waals surface area contributed by atoms with Crippen molar-refractivity contribution in [3.05, 3.63) is 106 Å². The van der Waals surface area contributed by atoms with Crippen LogP contribution in [0.15, 0.2) is 69.9 Å². The van der Waals surface area contributed by atoms with Crippen LogP contribution in [-0.2, 0) is 26.2 Å². The Hall–Kier alpha value is -4.14. The van der Waals surface area contributed by atoms with E-state index >= 15 is 0 Å². The molecule has 8 nitrogen and oxygen atoms in total. The van der Waals surface area contributed by atoms with Gasteiger partial charge in [0, 0.05) is 11.1 Å². The van der Waals surface area contributed by atoms with Gasteiger partial charge in [0.05, 0.1) is 23.7 Å². The van der Waals surface area contributed by atoms with Gasteiger partial charge >= 0.3 is 0 Å². The van der Waals surface area contributed by atoms with Crippen molar-refractivity contribution in [2.45, 2.75) is 40.0 Å². The molecule has 0 aliphatic rings. The van der Waals surface area contributed by atoms with Gasteiger partial charge in [-0.1, -0.05) is 0 Å². The van der Waals surface area contributed by atoms with Crippen molar-refractivity contribution < 1.29 is 38.4 Å². The van der Waals surface area contributed by atoms with Gasteiger partial charge in [0.1, 0.15) is 50.8 Å². The lowest BCUT2D eigenvalue weighted by Gasteiger charge is -2.24. The van der Waals surface area contributed by atoms with Crippen molar-refractivity contribution in [2.75, 3.05) is 13.1 Å². The Bertz CT molecular complexity index is 1260. The van der Waals surface area contributed by atoms with Crippen LogP contribution < -0.4 is 9.80 Å². The molecule has 4 aromatic rings. The average Bonchev–Trinajstić information content (AvgIpc) is 3.60. The number of phenolic OH excluding ortho intramolecular Hbond substituents is 2. The molecule has 2 unspecified atom stereocenters. The molecule has 0 spiro atoms. The first-order chi connectivity index (χ1) is 18.4. The smallest absolute Gasteiger partial charge is 0.157 e. The highest BCUT2D eigenvalue weighted by Crippen LogP contribution is 2.23. The van der Waals surface area contributed by atoms with Crippen molar-refractivity contribution in [1.29, 1.82) is 0 Å². The molecule has 0 aliphatic heterocycles. The van der Waals surface area contributed by atoms with Gasteiger partial charge in [0.15, 0.2) is 24.1 Å². The van der Waals surface area contributed by atoms with Gasteiger partial charge < -0.3 is 28.8 Å². The minimum atomic E-state index is 0.00779. The topological polar surface area (TPSA) is 110 Å². The van der Waals surface area contributed by atoms with Gasteiger partial charge in [-0.15, -0.1) is 0 Å². The highest BCUT2D eigenvalue weighted by atomic mass is 16.3. The normalized spacial score (nSPS) is 12.8. The number of carbonyl (C=O) groups is 2. The fourth-order valence-corrected chi connectivity index (χ4v) is 4.91. The average molecular weight is 519 g/mol. The molecule has 38 heavy (non-hydrogen) atoms. The Morgan fingerprint density at radius 1 is 0.684 bits per heavy atom. The molecule has 4 rings (SSSR count). The highest BCUT2D eigenvalue weighted by Gasteiger charge is 2.22. The summed E-state index contributed by atoms with van der Waals surface area (Å²) in [6.45, 7) is 7.38. The minimum absolute atomic E-state index is 0.00779. The van der Waals surface area contributed by atoms with E-state index in [9.17, 15) is 19.8 Å². The summed E-state index contributed by atoms with van der Waals surface area (Å²) in [5.41, 5.74) is 3.78. The van der Waals surface area contributed by atoms with E-state index in [1.165, 1.54) is 0 Å². The van der Waals surface area contributed by atoms with Crippen LogP contribution in [-0.4, -0.2) is 35.9 Å². The summed E-state index contributed by atoms with van der Waals surface area (Å²) in [6, 6.07) is 14.7. The summed E-state index contributed by atoms with van der Waals surface area (Å²) in [7, 11) is 0. The van der Waals surface area contributed by atoms with Crippen LogP contribution in [0.4, 0.5) is 0 Å². The summed E-state index contributed by atoms with van der Waals surface area (Å²) in [4.78, 5) is 25.2. The molecular weight excluding hydrogens is 484 g/mol. The Kier molecular flexibility index (Phi) is 8.78. The standard InChI is InChI=1S/C30H32N2O6/c1-21-11-23(29(35)25(13-21)19-33)15-31(17-27-5-3-9-37-27)7-8-32(18-28-6-4-10-38-28)16-24-12-22(2)14-26(20-34)30(24)36/h3-6,9-14,19-20,35-36H,7-8,15-18H2,1-2H3/p+2. The lowest BCUT2D eigenvalue weighted by atomic mass is 10.0. The number of quaternary nitrogens is 2. The van der Waals surface area contributed by atoms with E-state index in [-0.39, 0.29) is 22.6 Å². The number of furan rings is 2. The molecule has 0 bridgehead atoms. The van der Waals surface area contributed by atoms with Crippen molar-refractivity contribution in [2.24, 2.45) is 0 Å². The van der Waals surface area contributed by atoms with Crippen molar-refractivity contribution >= 4 is 12.6 Å². The molecule has 198 valence electrons. The predicted octanol–water partition coefficient (Wildman–Crippen LogP) is 2.40. The summed E-state index contributed by atoms with van der Waals surface area (Å²) in [5, 5.41) is 21.4. The number of rotatable bonds is 13. The molecule has 0 saturated carbocycles. The molecule has 2 atom stereocenters. The fraction of sp³-hybridized carbons (Fsp3) is 0.267. The van der Waals surface area contributed by atoms with Gasteiger partial charge in [-0.25, -0.2) is 0 Å². The Morgan fingerprint density at radius 3 is 1.45 bits per heavy atom. The van der Waals surface area contributed by atoms with Crippen LogP contribution in [0, 0.1) is 13.8 Å². The third kappa shape index (κ3) is 6.79. The zero-order chi connectivity index (χ0) is 27.1. The number of phenols is 2. The lowest BCUT2D eigenvalue weighted by molar-refractivity contribution is -0.984. The number of hydrogen-bond donors (Lipinski definition) is 4. The van der Waals surface area contributed by atoms with Gasteiger partial charge in [-0.2, -0.15) is 0 Å². The van der Waals surface area contributed by atoms with Crippen LogP contribution in [0.5, 0.6) is 11.5 Å². The van der Waals surface area contributed by atoms with Crippen molar-refractivity contribution in [1.82, 2.24) is 0 Å². The van der Waals surface area contributed by atoms with E-state index in [1.807, 2.05) is 50.2 Å². The zero-order valence-electron chi connectivity index (χ0n) is 21.7. The predicted molar refractivity (Wildman–Crippen MR) is 140 cm³/mol. The molecule has 2 aromatic heterocycles. The molecule has 0 saturated heterocycles. The monoisotopic (exact) mass is 518 g/mol. The second-order valence-electron chi connectivity index (χ2n) is 9.83. The second kappa shape index (κ2) is 12.4. The Balaban J connectivity index is 1.58. The molecule has 0 amide bonds. The molecule has 2 aromatic carbocycles. The number of hydrogen-bond acceptors (Lipinski definition) is 6. The maximum atomic E-state index is 11.5. The number of aromatic hydroxyl groups is 2. The first-order valence-corrected chi connectivity index (χ1v) is 12.6. The zero-order valence-corrected chi connectivity index (χ0v) is 21.7. The number of aryl methyl sites for hydroxylation is 2. The number of benzene rings is 2. The summed E-state index contributed by atoms with van der Waals surface area (Å²) in [5.74, 6) is 1.66. The third-order valence-electron chi connectivity index (χ3n) is 6.70. The molecule has 2 heterocycles. The van der Waals surface area contributed by atoms with Crippen LogP contribution in [0.1, 0.15) is 54.5 Å². The largest absolute Gasteiger partial charge is 0.507 e. The first kappa shape index (κ1) is 26.9. The van der Waals surface area contributed by atoms with Gasteiger partial charge in [-0.3, -0.25) is 9.59 Å². The van der Waals surface area contributed by atoms with Gasteiger partial charge in [-0.05, 0) is 73.5 Å². The summed E-state index contributed by atoms with van der Waals surface area (Å²) >= 11 is 0. The molecule has 0 radical (unpaired) electrons. The lowest BCUT2D eigenvalue weighted by Crippen LogP contribution is -3.18. The van der Waals surface area contributed by atoms with E-state index < -0.39 is 0 Å². The van der Waals surface area contributed by atoms with E-state index in [2.05, 4.69) is 0 Å². The minimum Gasteiger partial charge on any atom is -0.507 e. The third-order valence-corrected chi connectivity index (χ3v) is 6.70.